The molecular weight excluding hydrogens is 266 g/mol. The van der Waals surface area contributed by atoms with E-state index in [1.165, 1.54) is 11.3 Å². The minimum atomic E-state index is 0.596. The van der Waals surface area contributed by atoms with Gasteiger partial charge >= 0.3 is 0 Å². The van der Waals surface area contributed by atoms with Gasteiger partial charge in [0.05, 0.1) is 0 Å². The molecule has 3 nitrogen and oxygen atoms in total. The summed E-state index contributed by atoms with van der Waals surface area (Å²) in [5, 5.41) is 0.944. The zero-order chi connectivity index (χ0) is 14.7. The van der Waals surface area contributed by atoms with Crippen LogP contribution in [0.15, 0.2) is 24.3 Å². The van der Waals surface area contributed by atoms with Gasteiger partial charge in [-0.1, -0.05) is 26.0 Å². The zero-order valence-corrected chi connectivity index (χ0v) is 13.8. The number of hydrogen-bond donors (Lipinski definition) is 0. The molecular formula is C16H25N3S. The van der Waals surface area contributed by atoms with Crippen molar-refractivity contribution in [3.8, 4) is 0 Å². The minimum Gasteiger partial charge on any atom is -0.368 e. The first-order chi connectivity index (χ1) is 9.49. The van der Waals surface area contributed by atoms with E-state index in [2.05, 4.69) is 47.9 Å². The van der Waals surface area contributed by atoms with Crippen LogP contribution in [0.2, 0.25) is 0 Å². The number of piperazine rings is 1. The Balaban J connectivity index is 1.95. The van der Waals surface area contributed by atoms with Gasteiger partial charge in [0.15, 0.2) is 5.11 Å². The van der Waals surface area contributed by atoms with Gasteiger partial charge in [-0.2, -0.15) is 0 Å². The lowest BCUT2D eigenvalue weighted by Crippen LogP contribution is -2.51. The van der Waals surface area contributed by atoms with E-state index in [1.807, 2.05) is 19.0 Å². The third-order valence-corrected chi connectivity index (χ3v) is 4.48. The van der Waals surface area contributed by atoms with E-state index in [-0.39, 0.29) is 0 Å². The summed E-state index contributed by atoms with van der Waals surface area (Å²) >= 11 is 5.43. The van der Waals surface area contributed by atoms with Crippen molar-refractivity contribution in [2.45, 2.75) is 19.8 Å². The number of rotatable bonds is 2. The molecule has 20 heavy (non-hydrogen) atoms. The topological polar surface area (TPSA) is 9.72 Å². The standard InChI is InChI=1S/C16H25N3S/c1-13(2)14-5-7-15(8-6-14)18-9-11-19(12-10-18)16(20)17(3)4/h5-8,13H,9-12H2,1-4H3. The summed E-state index contributed by atoms with van der Waals surface area (Å²) in [7, 11) is 4.03. The van der Waals surface area contributed by atoms with Gasteiger partial charge in [-0.3, -0.25) is 0 Å². The third-order valence-electron chi connectivity index (χ3n) is 3.86. The van der Waals surface area contributed by atoms with Crippen molar-refractivity contribution in [3.63, 3.8) is 0 Å². The van der Waals surface area contributed by atoms with Gasteiger partial charge < -0.3 is 14.7 Å². The first-order valence-corrected chi connectivity index (χ1v) is 7.71. The summed E-state index contributed by atoms with van der Waals surface area (Å²) in [5.41, 5.74) is 2.73. The van der Waals surface area contributed by atoms with Crippen molar-refractivity contribution in [2.75, 3.05) is 45.2 Å². The lowest BCUT2D eigenvalue weighted by molar-refractivity contribution is 0.353. The Morgan fingerprint density at radius 3 is 2.05 bits per heavy atom. The highest BCUT2D eigenvalue weighted by molar-refractivity contribution is 7.80. The molecule has 1 saturated heterocycles. The van der Waals surface area contributed by atoms with Crippen LogP contribution in [0.4, 0.5) is 5.69 Å². The molecule has 0 N–H and O–H groups in total. The highest BCUT2D eigenvalue weighted by atomic mass is 32.1. The average molecular weight is 291 g/mol. The maximum absolute atomic E-state index is 5.43. The molecule has 1 aromatic rings. The molecule has 1 heterocycles. The van der Waals surface area contributed by atoms with E-state index in [9.17, 15) is 0 Å². The lowest BCUT2D eigenvalue weighted by Gasteiger charge is -2.38. The molecule has 0 spiro atoms. The third kappa shape index (κ3) is 3.42. The number of nitrogens with zero attached hydrogens (tertiary/aromatic N) is 3. The maximum Gasteiger partial charge on any atom is 0.171 e. The molecule has 4 heteroatoms. The molecule has 0 atom stereocenters. The Labute approximate surface area is 128 Å². The van der Waals surface area contributed by atoms with E-state index < -0.39 is 0 Å². The largest absolute Gasteiger partial charge is 0.368 e. The highest BCUT2D eigenvalue weighted by Crippen LogP contribution is 2.21. The first-order valence-electron chi connectivity index (χ1n) is 7.30. The quantitative estimate of drug-likeness (QED) is 0.775. The first kappa shape index (κ1) is 15.1. The molecule has 0 aliphatic carbocycles. The molecule has 0 radical (unpaired) electrons. The molecule has 2 rings (SSSR count). The van der Waals surface area contributed by atoms with E-state index in [4.69, 9.17) is 12.2 Å². The second kappa shape index (κ2) is 6.44. The normalized spacial score (nSPS) is 15.7. The van der Waals surface area contributed by atoms with E-state index >= 15 is 0 Å². The molecule has 0 aromatic heterocycles. The second-order valence-electron chi connectivity index (χ2n) is 5.90. The van der Waals surface area contributed by atoms with Gasteiger partial charge in [-0.15, -0.1) is 0 Å². The Kier molecular flexibility index (Phi) is 4.86. The van der Waals surface area contributed by atoms with Crippen molar-refractivity contribution >= 4 is 23.0 Å². The van der Waals surface area contributed by atoms with Crippen LogP contribution in [-0.4, -0.2) is 55.2 Å². The minimum absolute atomic E-state index is 0.596. The van der Waals surface area contributed by atoms with Crippen molar-refractivity contribution in [2.24, 2.45) is 0 Å². The van der Waals surface area contributed by atoms with Crippen molar-refractivity contribution < 1.29 is 0 Å². The Morgan fingerprint density at radius 1 is 1.05 bits per heavy atom. The number of benzene rings is 1. The fourth-order valence-electron chi connectivity index (χ4n) is 2.51. The van der Waals surface area contributed by atoms with Crippen LogP contribution in [0, 0.1) is 0 Å². The molecule has 1 fully saturated rings. The van der Waals surface area contributed by atoms with Crippen molar-refractivity contribution in [3.05, 3.63) is 29.8 Å². The van der Waals surface area contributed by atoms with E-state index in [0.29, 0.717) is 5.92 Å². The average Bonchev–Trinajstić information content (AvgIpc) is 2.46. The number of thiocarbonyl (C=S) groups is 1. The monoisotopic (exact) mass is 291 g/mol. The van der Waals surface area contributed by atoms with Crippen LogP contribution in [-0.2, 0) is 0 Å². The Morgan fingerprint density at radius 2 is 1.60 bits per heavy atom. The fourth-order valence-corrected chi connectivity index (χ4v) is 2.69. The number of anilines is 1. The Bertz CT molecular complexity index is 445. The van der Waals surface area contributed by atoms with Crippen LogP contribution in [0.1, 0.15) is 25.3 Å². The van der Waals surface area contributed by atoms with Gasteiger partial charge in [0.2, 0.25) is 0 Å². The molecule has 110 valence electrons. The molecule has 1 aliphatic rings. The molecule has 0 amide bonds. The summed E-state index contributed by atoms with van der Waals surface area (Å²) in [6.45, 7) is 8.54. The second-order valence-corrected chi connectivity index (χ2v) is 6.26. The van der Waals surface area contributed by atoms with Gasteiger partial charge in [0.25, 0.3) is 0 Å². The van der Waals surface area contributed by atoms with Gasteiger partial charge in [-0.05, 0) is 35.8 Å². The maximum atomic E-state index is 5.43. The summed E-state index contributed by atoms with van der Waals surface area (Å²) in [6, 6.07) is 8.98. The molecule has 0 saturated carbocycles. The number of hydrogen-bond acceptors (Lipinski definition) is 2. The van der Waals surface area contributed by atoms with Crippen molar-refractivity contribution in [1.29, 1.82) is 0 Å². The van der Waals surface area contributed by atoms with Crippen LogP contribution < -0.4 is 4.90 Å². The molecule has 0 unspecified atom stereocenters. The molecule has 1 aromatic carbocycles. The van der Waals surface area contributed by atoms with E-state index in [0.717, 1.165) is 31.3 Å². The summed E-state index contributed by atoms with van der Waals surface area (Å²) < 4.78 is 0. The van der Waals surface area contributed by atoms with Crippen LogP contribution >= 0.6 is 12.2 Å². The predicted molar refractivity (Wildman–Crippen MR) is 90.6 cm³/mol. The lowest BCUT2D eigenvalue weighted by atomic mass is 10.0. The molecule has 0 bridgehead atoms. The summed E-state index contributed by atoms with van der Waals surface area (Å²) in [5.74, 6) is 0.596. The Hall–Kier alpha value is -1.29. The summed E-state index contributed by atoms with van der Waals surface area (Å²) in [6.07, 6.45) is 0. The van der Waals surface area contributed by atoms with E-state index in [1.54, 1.807) is 0 Å². The SMILES string of the molecule is CC(C)c1ccc(N2CCN(C(=S)N(C)C)CC2)cc1. The predicted octanol–water partition coefficient (Wildman–Crippen LogP) is 2.78. The molecule has 1 aliphatic heterocycles. The van der Waals surface area contributed by atoms with Gasteiger partial charge in [0.1, 0.15) is 0 Å². The van der Waals surface area contributed by atoms with Gasteiger partial charge in [0, 0.05) is 46.0 Å². The van der Waals surface area contributed by atoms with Gasteiger partial charge in [-0.25, -0.2) is 0 Å². The fraction of sp³-hybridized carbons (Fsp3) is 0.562. The zero-order valence-electron chi connectivity index (χ0n) is 13.0. The van der Waals surface area contributed by atoms with Crippen LogP contribution in [0.3, 0.4) is 0 Å². The highest BCUT2D eigenvalue weighted by Gasteiger charge is 2.19. The smallest absolute Gasteiger partial charge is 0.171 e. The van der Waals surface area contributed by atoms with Crippen molar-refractivity contribution in [1.82, 2.24) is 9.80 Å². The summed E-state index contributed by atoms with van der Waals surface area (Å²) in [4.78, 5) is 6.75. The van der Waals surface area contributed by atoms with Crippen LogP contribution in [0.25, 0.3) is 0 Å². The van der Waals surface area contributed by atoms with Crippen LogP contribution in [0.5, 0.6) is 0 Å².